The Balaban J connectivity index is 3.05. The molecule has 0 saturated carbocycles. The van der Waals surface area contributed by atoms with E-state index < -0.39 is 17.9 Å². The van der Waals surface area contributed by atoms with Gasteiger partial charge in [0, 0.05) is 0 Å². The molecule has 9 heteroatoms. The van der Waals surface area contributed by atoms with Crippen LogP contribution in [-0.2, 0) is 9.59 Å². The lowest BCUT2D eigenvalue weighted by molar-refractivity contribution is -0.142. The molecule has 0 bridgehead atoms. The lowest BCUT2D eigenvalue weighted by atomic mass is 10.0. The van der Waals surface area contributed by atoms with E-state index in [2.05, 4.69) is 15.3 Å². The van der Waals surface area contributed by atoms with E-state index in [0.717, 1.165) is 0 Å². The summed E-state index contributed by atoms with van der Waals surface area (Å²) in [5.41, 5.74) is 0.529. The molecule has 1 aromatic rings. The SMILES string of the molecule is COc1cc(OC)nc(OC(C(=O)N[C@@H](CC(C)C)C(=O)O)=C(C)C)n1. The van der Waals surface area contributed by atoms with Gasteiger partial charge in [-0.1, -0.05) is 13.8 Å². The molecule has 1 heterocycles. The van der Waals surface area contributed by atoms with Gasteiger partial charge >= 0.3 is 12.0 Å². The summed E-state index contributed by atoms with van der Waals surface area (Å²) in [5, 5.41) is 11.8. The summed E-state index contributed by atoms with van der Waals surface area (Å²) in [6.45, 7) is 7.06. The Bertz CT molecular complexity index is 661. The number of aromatic nitrogens is 2. The fraction of sp³-hybridized carbons (Fsp3) is 0.529. The van der Waals surface area contributed by atoms with E-state index in [0.29, 0.717) is 12.0 Å². The lowest BCUT2D eigenvalue weighted by Crippen LogP contribution is -2.43. The first-order chi connectivity index (χ1) is 12.2. The number of carboxylic acids is 1. The zero-order chi connectivity index (χ0) is 19.9. The van der Waals surface area contributed by atoms with Gasteiger partial charge in [-0.25, -0.2) is 4.79 Å². The molecule has 0 radical (unpaired) electrons. The molecule has 1 rings (SSSR count). The molecule has 1 amide bonds. The molecule has 0 aliphatic heterocycles. The van der Waals surface area contributed by atoms with Crippen LogP contribution in [0.2, 0.25) is 0 Å². The van der Waals surface area contributed by atoms with Crippen LogP contribution in [0.15, 0.2) is 17.4 Å². The lowest BCUT2D eigenvalue weighted by Gasteiger charge is -2.18. The molecule has 26 heavy (non-hydrogen) atoms. The fourth-order valence-electron chi connectivity index (χ4n) is 2.02. The van der Waals surface area contributed by atoms with Gasteiger partial charge in [0.1, 0.15) is 6.04 Å². The van der Waals surface area contributed by atoms with Crippen molar-refractivity contribution in [3.63, 3.8) is 0 Å². The minimum absolute atomic E-state index is 0.0877. The van der Waals surface area contributed by atoms with Gasteiger partial charge in [-0.15, -0.1) is 0 Å². The normalized spacial score (nSPS) is 11.5. The summed E-state index contributed by atoms with van der Waals surface area (Å²) in [6, 6.07) is 0.280. The number of hydrogen-bond acceptors (Lipinski definition) is 7. The molecular weight excluding hydrogens is 342 g/mol. The van der Waals surface area contributed by atoms with Crippen molar-refractivity contribution in [3.8, 4) is 17.8 Å². The maximum Gasteiger partial charge on any atom is 0.328 e. The van der Waals surface area contributed by atoms with Crippen molar-refractivity contribution in [3.05, 3.63) is 17.4 Å². The van der Waals surface area contributed by atoms with Crippen LogP contribution in [0, 0.1) is 5.92 Å². The van der Waals surface area contributed by atoms with Gasteiger partial charge in [-0.05, 0) is 31.8 Å². The van der Waals surface area contributed by atoms with Gasteiger partial charge in [-0.2, -0.15) is 9.97 Å². The predicted octanol–water partition coefficient (Wildman–Crippen LogP) is 1.78. The van der Waals surface area contributed by atoms with Crippen molar-refractivity contribution in [1.29, 1.82) is 0 Å². The third-order valence-corrected chi connectivity index (χ3v) is 3.24. The number of aliphatic carboxylic acids is 1. The molecule has 0 aliphatic carbocycles. The van der Waals surface area contributed by atoms with E-state index in [-0.39, 0.29) is 29.4 Å². The highest BCUT2D eigenvalue weighted by Crippen LogP contribution is 2.21. The topological polar surface area (TPSA) is 120 Å². The van der Waals surface area contributed by atoms with Gasteiger partial charge in [0.25, 0.3) is 5.91 Å². The summed E-state index contributed by atoms with van der Waals surface area (Å²) in [7, 11) is 2.84. The van der Waals surface area contributed by atoms with Crippen LogP contribution in [0.3, 0.4) is 0 Å². The third kappa shape index (κ3) is 6.23. The summed E-state index contributed by atoms with van der Waals surface area (Å²) >= 11 is 0. The first-order valence-electron chi connectivity index (χ1n) is 8.04. The van der Waals surface area contributed by atoms with E-state index in [1.807, 2.05) is 13.8 Å². The van der Waals surface area contributed by atoms with Crippen molar-refractivity contribution < 1.29 is 28.9 Å². The number of nitrogens with zero attached hydrogens (tertiary/aromatic N) is 2. The number of carbonyl (C=O) groups is 2. The first kappa shape index (κ1) is 21.2. The van der Waals surface area contributed by atoms with Crippen LogP contribution in [0.1, 0.15) is 34.1 Å². The van der Waals surface area contributed by atoms with Crippen molar-refractivity contribution in [2.75, 3.05) is 14.2 Å². The smallest absolute Gasteiger partial charge is 0.328 e. The number of allylic oxidation sites excluding steroid dienone is 1. The van der Waals surface area contributed by atoms with E-state index in [4.69, 9.17) is 14.2 Å². The fourth-order valence-corrected chi connectivity index (χ4v) is 2.02. The first-order valence-corrected chi connectivity index (χ1v) is 8.04. The molecule has 144 valence electrons. The predicted molar refractivity (Wildman–Crippen MR) is 93.2 cm³/mol. The standard InChI is InChI=1S/C17H25N3O6/c1-9(2)7-11(16(22)23)18-15(21)14(10(3)4)26-17-19-12(24-5)8-13(20-17)25-6/h8-9,11H,7H2,1-6H3,(H,18,21)(H,22,23)/t11-/m0/s1. The zero-order valence-corrected chi connectivity index (χ0v) is 15.8. The molecule has 2 N–H and O–H groups in total. The van der Waals surface area contributed by atoms with Crippen LogP contribution in [0.25, 0.3) is 0 Å². The second kappa shape index (κ2) is 9.59. The third-order valence-electron chi connectivity index (χ3n) is 3.24. The van der Waals surface area contributed by atoms with Crippen molar-refractivity contribution in [1.82, 2.24) is 15.3 Å². The van der Waals surface area contributed by atoms with Gasteiger partial charge in [0.05, 0.1) is 20.3 Å². The molecule has 0 aromatic carbocycles. The zero-order valence-electron chi connectivity index (χ0n) is 15.8. The average Bonchev–Trinajstić information content (AvgIpc) is 2.57. The minimum Gasteiger partial charge on any atom is -0.481 e. The number of ether oxygens (including phenoxy) is 3. The van der Waals surface area contributed by atoms with Gasteiger partial charge in [0.15, 0.2) is 5.76 Å². The Morgan fingerprint density at radius 3 is 2.08 bits per heavy atom. The Hall–Kier alpha value is -2.84. The molecule has 9 nitrogen and oxygen atoms in total. The summed E-state index contributed by atoms with van der Waals surface area (Å²) in [5.74, 6) is -1.37. The number of amides is 1. The molecule has 0 aliphatic rings. The summed E-state index contributed by atoms with van der Waals surface area (Å²) in [6.07, 6.45) is 0.292. The number of rotatable bonds is 9. The molecule has 1 atom stereocenters. The molecule has 0 saturated heterocycles. The van der Waals surface area contributed by atoms with E-state index in [9.17, 15) is 14.7 Å². The van der Waals surface area contributed by atoms with Gasteiger partial charge < -0.3 is 24.6 Å². The highest BCUT2D eigenvalue weighted by atomic mass is 16.5. The Kier molecular flexibility index (Phi) is 7.82. The summed E-state index contributed by atoms with van der Waals surface area (Å²) < 4.78 is 15.6. The second-order valence-corrected chi connectivity index (χ2v) is 6.16. The number of carbonyl (C=O) groups excluding carboxylic acids is 1. The van der Waals surface area contributed by atoms with E-state index in [1.54, 1.807) is 13.8 Å². The molecular formula is C17H25N3O6. The van der Waals surface area contributed by atoms with Gasteiger partial charge in [-0.3, -0.25) is 4.79 Å². The van der Waals surface area contributed by atoms with Crippen LogP contribution in [-0.4, -0.2) is 47.2 Å². The highest BCUT2D eigenvalue weighted by molar-refractivity contribution is 5.95. The quantitative estimate of drug-likeness (QED) is 0.501. The van der Waals surface area contributed by atoms with E-state index >= 15 is 0 Å². The van der Waals surface area contributed by atoms with Gasteiger partial charge in [0.2, 0.25) is 11.8 Å². The van der Waals surface area contributed by atoms with Crippen molar-refractivity contribution in [2.45, 2.75) is 40.2 Å². The Morgan fingerprint density at radius 2 is 1.69 bits per heavy atom. The number of methoxy groups -OCH3 is 2. The van der Waals surface area contributed by atoms with Crippen LogP contribution < -0.4 is 19.5 Å². The maximum absolute atomic E-state index is 12.5. The maximum atomic E-state index is 12.5. The van der Waals surface area contributed by atoms with Crippen LogP contribution in [0.5, 0.6) is 17.8 Å². The van der Waals surface area contributed by atoms with E-state index in [1.165, 1.54) is 20.3 Å². The van der Waals surface area contributed by atoms with Crippen LogP contribution >= 0.6 is 0 Å². The van der Waals surface area contributed by atoms with Crippen molar-refractivity contribution in [2.24, 2.45) is 5.92 Å². The molecule has 0 spiro atoms. The van der Waals surface area contributed by atoms with Crippen molar-refractivity contribution >= 4 is 11.9 Å². The molecule has 1 aromatic heterocycles. The number of carboxylic acid groups (broad SMARTS) is 1. The Labute approximate surface area is 152 Å². The highest BCUT2D eigenvalue weighted by Gasteiger charge is 2.25. The Morgan fingerprint density at radius 1 is 1.15 bits per heavy atom. The van der Waals surface area contributed by atoms with Crippen LogP contribution in [0.4, 0.5) is 0 Å². The minimum atomic E-state index is -1.11. The second-order valence-electron chi connectivity index (χ2n) is 6.16. The largest absolute Gasteiger partial charge is 0.481 e. The summed E-state index contributed by atoms with van der Waals surface area (Å²) in [4.78, 5) is 31.9. The monoisotopic (exact) mass is 367 g/mol. The molecule has 0 fully saturated rings. The number of nitrogens with one attached hydrogen (secondary N) is 1. The number of hydrogen-bond donors (Lipinski definition) is 2. The molecule has 0 unspecified atom stereocenters. The average molecular weight is 367 g/mol.